The van der Waals surface area contributed by atoms with Crippen LogP contribution in [0.1, 0.15) is 26.5 Å². The predicted octanol–water partition coefficient (Wildman–Crippen LogP) is 4.88. The van der Waals surface area contributed by atoms with Crippen molar-refractivity contribution < 1.29 is 14.0 Å². The van der Waals surface area contributed by atoms with Crippen LogP contribution in [0.4, 0.5) is 0 Å². The lowest BCUT2D eigenvalue weighted by atomic mass is 10.1. The fourth-order valence-electron chi connectivity index (χ4n) is 2.62. The van der Waals surface area contributed by atoms with E-state index < -0.39 is 11.8 Å². The monoisotopic (exact) mass is 384 g/mol. The fourth-order valence-corrected chi connectivity index (χ4v) is 2.92. The molecule has 7 heteroatoms. The van der Waals surface area contributed by atoms with Crippen molar-refractivity contribution >= 4 is 41.2 Å². The molecule has 3 aromatic rings. The van der Waals surface area contributed by atoms with Crippen LogP contribution in [0.2, 0.25) is 10.0 Å². The van der Waals surface area contributed by atoms with Crippen LogP contribution < -0.4 is 0 Å². The van der Waals surface area contributed by atoms with Gasteiger partial charge in [0.1, 0.15) is 11.5 Å². The van der Waals surface area contributed by atoms with Crippen LogP contribution in [0, 0.1) is 0 Å². The third-order valence-corrected chi connectivity index (χ3v) is 4.64. The Morgan fingerprint density at radius 2 is 1.58 bits per heavy atom. The van der Waals surface area contributed by atoms with Crippen LogP contribution in [-0.2, 0) is 0 Å². The van der Waals surface area contributed by atoms with E-state index in [1.54, 1.807) is 54.6 Å². The third-order valence-electron chi connectivity index (χ3n) is 3.90. The molecule has 4 rings (SSSR count). The average Bonchev–Trinajstić information content (AvgIpc) is 3.21. The summed E-state index contributed by atoms with van der Waals surface area (Å²) in [5, 5.41) is 5.67. The number of halogens is 2. The number of fused-ring (bicyclic) bond motifs is 1. The van der Waals surface area contributed by atoms with Gasteiger partial charge in [-0.3, -0.25) is 9.59 Å². The molecule has 1 aromatic heterocycles. The van der Waals surface area contributed by atoms with Crippen molar-refractivity contribution in [2.45, 2.75) is 0 Å². The minimum atomic E-state index is -0.460. The normalized spacial score (nSPS) is 13.7. The Labute approximate surface area is 158 Å². The van der Waals surface area contributed by atoms with Gasteiger partial charge in [-0.05, 0) is 42.5 Å². The van der Waals surface area contributed by atoms with E-state index in [1.807, 2.05) is 0 Å². The zero-order chi connectivity index (χ0) is 18.3. The Bertz CT molecular complexity index is 1040. The molecule has 5 nitrogen and oxygen atoms in total. The lowest BCUT2D eigenvalue weighted by Crippen LogP contribution is -2.23. The summed E-state index contributed by atoms with van der Waals surface area (Å²) in [5.74, 6) is 0.0335. The first-order valence-corrected chi connectivity index (χ1v) is 8.37. The van der Waals surface area contributed by atoms with Crippen LogP contribution in [0.3, 0.4) is 0 Å². The molecule has 0 atom stereocenters. The maximum atomic E-state index is 12.3. The van der Waals surface area contributed by atoms with E-state index in [-0.39, 0.29) is 0 Å². The highest BCUT2D eigenvalue weighted by Gasteiger charge is 2.35. The Morgan fingerprint density at radius 1 is 0.885 bits per heavy atom. The summed E-state index contributed by atoms with van der Waals surface area (Å²) < 4.78 is 5.67. The van der Waals surface area contributed by atoms with Crippen LogP contribution in [0.5, 0.6) is 0 Å². The molecule has 0 fully saturated rings. The van der Waals surface area contributed by atoms with Crippen molar-refractivity contribution in [3.8, 4) is 11.3 Å². The van der Waals surface area contributed by atoms with E-state index in [4.69, 9.17) is 27.6 Å². The minimum Gasteiger partial charge on any atom is -0.455 e. The van der Waals surface area contributed by atoms with Crippen molar-refractivity contribution in [1.82, 2.24) is 5.01 Å². The summed E-state index contributed by atoms with van der Waals surface area (Å²) in [6.07, 6.45) is 1.32. The van der Waals surface area contributed by atoms with Gasteiger partial charge in [-0.2, -0.15) is 10.1 Å². The number of benzene rings is 2. The predicted molar refractivity (Wildman–Crippen MR) is 98.7 cm³/mol. The van der Waals surface area contributed by atoms with Gasteiger partial charge in [-0.15, -0.1) is 0 Å². The maximum Gasteiger partial charge on any atom is 0.282 e. The molecule has 0 bridgehead atoms. The van der Waals surface area contributed by atoms with Crippen molar-refractivity contribution in [3.63, 3.8) is 0 Å². The first kappa shape index (κ1) is 16.6. The van der Waals surface area contributed by atoms with Gasteiger partial charge in [0.15, 0.2) is 0 Å². The van der Waals surface area contributed by atoms with Gasteiger partial charge < -0.3 is 4.42 Å². The number of hydrazone groups is 1. The van der Waals surface area contributed by atoms with Gasteiger partial charge in [-0.25, -0.2) is 0 Å². The number of furan rings is 1. The molecule has 26 heavy (non-hydrogen) atoms. The summed E-state index contributed by atoms with van der Waals surface area (Å²) >= 11 is 11.9. The third kappa shape index (κ3) is 2.81. The molecule has 0 N–H and O–H groups in total. The second-order valence-electron chi connectivity index (χ2n) is 5.54. The number of amides is 2. The van der Waals surface area contributed by atoms with Crippen molar-refractivity contribution in [3.05, 3.63) is 81.5 Å². The zero-order valence-electron chi connectivity index (χ0n) is 13.1. The van der Waals surface area contributed by atoms with Gasteiger partial charge in [-0.1, -0.05) is 35.3 Å². The highest BCUT2D eigenvalue weighted by Crippen LogP contribution is 2.29. The van der Waals surface area contributed by atoms with Gasteiger partial charge in [0.25, 0.3) is 11.8 Å². The van der Waals surface area contributed by atoms with E-state index in [2.05, 4.69) is 5.10 Å². The van der Waals surface area contributed by atoms with Crippen LogP contribution in [-0.4, -0.2) is 23.0 Å². The summed E-state index contributed by atoms with van der Waals surface area (Å²) in [7, 11) is 0. The van der Waals surface area contributed by atoms with E-state index in [1.165, 1.54) is 6.21 Å². The maximum absolute atomic E-state index is 12.3. The topological polar surface area (TPSA) is 62.9 Å². The van der Waals surface area contributed by atoms with Gasteiger partial charge in [0, 0.05) is 5.56 Å². The van der Waals surface area contributed by atoms with E-state index in [9.17, 15) is 9.59 Å². The van der Waals surface area contributed by atoms with Crippen molar-refractivity contribution in [1.29, 1.82) is 0 Å². The number of rotatable bonds is 3. The molecule has 2 amide bonds. The lowest BCUT2D eigenvalue weighted by molar-refractivity contribution is 0.0660. The molecule has 2 heterocycles. The molecular formula is C19H10Cl2N2O3. The Kier molecular flexibility index (Phi) is 4.11. The Morgan fingerprint density at radius 3 is 2.23 bits per heavy atom. The molecule has 128 valence electrons. The average molecular weight is 385 g/mol. The second kappa shape index (κ2) is 6.44. The highest BCUT2D eigenvalue weighted by molar-refractivity contribution is 6.42. The summed E-state index contributed by atoms with van der Waals surface area (Å²) in [4.78, 5) is 24.5. The van der Waals surface area contributed by atoms with Crippen LogP contribution in [0.15, 0.2) is 64.1 Å². The molecule has 1 aliphatic rings. The molecule has 0 spiro atoms. The molecular weight excluding hydrogens is 375 g/mol. The number of carbonyl (C=O) groups excluding carboxylic acids is 2. The summed E-state index contributed by atoms with van der Waals surface area (Å²) in [5.41, 5.74) is 1.43. The Hall–Kier alpha value is -2.89. The van der Waals surface area contributed by atoms with Gasteiger partial charge >= 0.3 is 0 Å². The first-order valence-electron chi connectivity index (χ1n) is 7.61. The molecule has 0 unspecified atom stereocenters. The van der Waals surface area contributed by atoms with Crippen LogP contribution >= 0.6 is 23.2 Å². The Balaban J connectivity index is 1.57. The van der Waals surface area contributed by atoms with Gasteiger partial charge in [0.2, 0.25) is 0 Å². The standard InChI is InChI=1S/C19H10Cl2N2O3/c20-15-7-5-11(9-16(15)21)17-8-6-12(26-17)10-22-23-18(24)13-3-1-2-4-14(13)19(23)25/h1-10H/b22-10+. The number of imide groups is 1. The summed E-state index contributed by atoms with van der Waals surface area (Å²) in [6.45, 7) is 0. The molecule has 0 aliphatic carbocycles. The first-order chi connectivity index (χ1) is 12.5. The van der Waals surface area contributed by atoms with Gasteiger partial charge in [0.05, 0.1) is 27.4 Å². The minimum absolute atomic E-state index is 0.339. The van der Waals surface area contributed by atoms with Crippen molar-refractivity contribution in [2.24, 2.45) is 5.10 Å². The fraction of sp³-hybridized carbons (Fsp3) is 0. The molecule has 2 aromatic carbocycles. The zero-order valence-corrected chi connectivity index (χ0v) is 14.7. The quantitative estimate of drug-likeness (QED) is 0.477. The number of hydrogen-bond donors (Lipinski definition) is 0. The SMILES string of the molecule is O=C1c2ccccc2C(=O)N1/N=C/c1ccc(-c2ccc(Cl)c(Cl)c2)o1. The largest absolute Gasteiger partial charge is 0.455 e. The smallest absolute Gasteiger partial charge is 0.282 e. The molecule has 0 saturated heterocycles. The second-order valence-corrected chi connectivity index (χ2v) is 6.36. The number of nitrogens with zero attached hydrogens (tertiary/aromatic N) is 2. The lowest BCUT2D eigenvalue weighted by Gasteiger charge is -2.04. The van der Waals surface area contributed by atoms with Crippen LogP contribution in [0.25, 0.3) is 11.3 Å². The van der Waals surface area contributed by atoms with Crippen molar-refractivity contribution in [2.75, 3.05) is 0 Å². The van der Waals surface area contributed by atoms with E-state index in [0.717, 1.165) is 10.6 Å². The number of carbonyl (C=O) groups is 2. The van der Waals surface area contributed by atoms with E-state index >= 15 is 0 Å². The molecule has 0 radical (unpaired) electrons. The molecule has 0 saturated carbocycles. The molecule has 1 aliphatic heterocycles. The number of hydrogen-bond acceptors (Lipinski definition) is 4. The summed E-state index contributed by atoms with van der Waals surface area (Å²) in [6, 6.07) is 15.2. The van der Waals surface area contributed by atoms with E-state index in [0.29, 0.717) is 32.7 Å². The highest BCUT2D eigenvalue weighted by atomic mass is 35.5.